The largest absolute Gasteiger partial charge is 0.476 e. The third-order valence-electron chi connectivity index (χ3n) is 5.49. The molecule has 1 aliphatic heterocycles. The zero-order chi connectivity index (χ0) is 17.7. The highest BCUT2D eigenvalue weighted by atomic mass is 16.5. The van der Waals surface area contributed by atoms with Gasteiger partial charge in [-0.1, -0.05) is 60.2 Å². The fraction of sp³-hybridized carbons (Fsp3) is 0.167. The van der Waals surface area contributed by atoms with Crippen LogP contribution < -0.4 is 4.74 Å². The summed E-state index contributed by atoms with van der Waals surface area (Å²) in [6.45, 7) is 5.15. The highest BCUT2D eigenvalue weighted by molar-refractivity contribution is 5.83. The second kappa shape index (κ2) is 5.50. The van der Waals surface area contributed by atoms with Gasteiger partial charge in [0.1, 0.15) is 5.75 Å². The van der Waals surface area contributed by atoms with Crippen LogP contribution in [-0.2, 0) is 12.1 Å². The third-order valence-corrected chi connectivity index (χ3v) is 5.49. The first-order chi connectivity index (χ1) is 12.6. The maximum Gasteiger partial charge on any atom is 0.171 e. The lowest BCUT2D eigenvalue weighted by atomic mass is 9.92. The second-order valence-corrected chi connectivity index (χ2v) is 7.29. The van der Waals surface area contributed by atoms with Crippen molar-refractivity contribution < 1.29 is 4.74 Å². The summed E-state index contributed by atoms with van der Waals surface area (Å²) in [7, 11) is 0. The third kappa shape index (κ3) is 2.19. The van der Waals surface area contributed by atoms with E-state index in [1.165, 1.54) is 27.7 Å². The van der Waals surface area contributed by atoms with Crippen molar-refractivity contribution in [2.75, 3.05) is 0 Å². The zero-order valence-electron chi connectivity index (χ0n) is 15.1. The van der Waals surface area contributed by atoms with E-state index >= 15 is 0 Å². The van der Waals surface area contributed by atoms with Gasteiger partial charge < -0.3 is 9.30 Å². The molecule has 0 aliphatic carbocycles. The van der Waals surface area contributed by atoms with Gasteiger partial charge in [0.15, 0.2) is 5.60 Å². The molecule has 0 radical (unpaired) electrons. The van der Waals surface area contributed by atoms with Crippen LogP contribution in [0.2, 0.25) is 0 Å². The van der Waals surface area contributed by atoms with Crippen LogP contribution in [0, 0.1) is 6.92 Å². The maximum atomic E-state index is 6.70. The number of rotatable bonds is 1. The average molecular weight is 339 g/mol. The van der Waals surface area contributed by atoms with Crippen LogP contribution >= 0.6 is 0 Å². The quantitative estimate of drug-likeness (QED) is 0.437. The number of aromatic nitrogens is 1. The first-order valence-electron chi connectivity index (χ1n) is 9.08. The number of hydrogen-bond acceptors (Lipinski definition) is 1. The Kier molecular flexibility index (Phi) is 3.23. The second-order valence-electron chi connectivity index (χ2n) is 7.29. The molecule has 1 atom stereocenters. The van der Waals surface area contributed by atoms with Crippen molar-refractivity contribution >= 4 is 10.9 Å². The lowest BCUT2D eigenvalue weighted by Crippen LogP contribution is -2.32. The van der Waals surface area contributed by atoms with Crippen molar-refractivity contribution in [1.29, 1.82) is 0 Å². The normalized spacial score (nSPS) is 18.7. The van der Waals surface area contributed by atoms with Crippen molar-refractivity contribution in [2.45, 2.75) is 26.0 Å². The summed E-state index contributed by atoms with van der Waals surface area (Å²) < 4.78 is 9.11. The molecule has 2 heteroatoms. The van der Waals surface area contributed by atoms with Gasteiger partial charge in [-0.05, 0) is 38.1 Å². The fourth-order valence-electron chi connectivity index (χ4n) is 4.10. The van der Waals surface area contributed by atoms with Crippen molar-refractivity contribution in [3.63, 3.8) is 0 Å². The molecule has 0 fully saturated rings. The molecule has 5 rings (SSSR count). The van der Waals surface area contributed by atoms with Crippen LogP contribution in [0.3, 0.4) is 0 Å². The molecule has 1 aliphatic rings. The molecule has 1 unspecified atom stereocenters. The molecule has 2 nitrogen and oxygen atoms in total. The molecule has 1 aromatic heterocycles. The van der Waals surface area contributed by atoms with E-state index < -0.39 is 5.60 Å². The van der Waals surface area contributed by atoms with E-state index in [9.17, 15) is 0 Å². The van der Waals surface area contributed by atoms with Gasteiger partial charge in [0, 0.05) is 22.0 Å². The van der Waals surface area contributed by atoms with Crippen LogP contribution in [-0.4, -0.2) is 4.57 Å². The SMILES string of the molecule is Cc1ccc2c(c1)cc1n2Cc2ccccc2OC1(C)c1ccccc1. The molecular weight excluding hydrogens is 318 g/mol. The Morgan fingerprint density at radius 3 is 2.50 bits per heavy atom. The van der Waals surface area contributed by atoms with Gasteiger partial charge in [-0.25, -0.2) is 0 Å². The minimum Gasteiger partial charge on any atom is -0.476 e. The van der Waals surface area contributed by atoms with E-state index in [0.717, 1.165) is 17.9 Å². The van der Waals surface area contributed by atoms with Crippen LogP contribution in [0.25, 0.3) is 10.9 Å². The number of ether oxygens (including phenoxy) is 1. The predicted octanol–water partition coefficient (Wildman–Crippen LogP) is 5.65. The fourth-order valence-corrected chi connectivity index (χ4v) is 4.10. The summed E-state index contributed by atoms with van der Waals surface area (Å²) in [6, 6.07) is 27.9. The Bertz CT molecular complexity index is 1110. The lowest BCUT2D eigenvalue weighted by molar-refractivity contribution is 0.128. The summed E-state index contributed by atoms with van der Waals surface area (Å²) in [6.07, 6.45) is 0. The number of hydrogen-bond donors (Lipinski definition) is 0. The predicted molar refractivity (Wildman–Crippen MR) is 106 cm³/mol. The Balaban J connectivity index is 1.85. The van der Waals surface area contributed by atoms with Gasteiger partial charge in [0.05, 0.1) is 12.2 Å². The van der Waals surface area contributed by atoms with Crippen molar-refractivity contribution in [1.82, 2.24) is 4.57 Å². The Morgan fingerprint density at radius 1 is 0.885 bits per heavy atom. The van der Waals surface area contributed by atoms with Crippen LogP contribution in [0.5, 0.6) is 5.75 Å². The summed E-state index contributed by atoms with van der Waals surface area (Å²) in [5.41, 5.74) is 5.57. The van der Waals surface area contributed by atoms with E-state index in [1.807, 2.05) is 6.07 Å². The number of para-hydroxylation sites is 1. The van der Waals surface area contributed by atoms with Crippen molar-refractivity contribution in [3.05, 3.63) is 101 Å². The van der Waals surface area contributed by atoms with Gasteiger partial charge in [0.25, 0.3) is 0 Å². The van der Waals surface area contributed by atoms with E-state index in [1.54, 1.807) is 0 Å². The molecule has 0 amide bonds. The van der Waals surface area contributed by atoms with Gasteiger partial charge in [-0.2, -0.15) is 0 Å². The smallest absolute Gasteiger partial charge is 0.171 e. The minimum absolute atomic E-state index is 0.541. The molecule has 26 heavy (non-hydrogen) atoms. The van der Waals surface area contributed by atoms with Crippen LogP contribution in [0.1, 0.15) is 29.3 Å². The number of benzene rings is 3. The summed E-state index contributed by atoms with van der Waals surface area (Å²) >= 11 is 0. The lowest BCUT2D eigenvalue weighted by Gasteiger charge is -2.30. The Labute approximate surface area is 153 Å². The van der Waals surface area contributed by atoms with Gasteiger partial charge in [-0.15, -0.1) is 0 Å². The number of nitrogens with zero attached hydrogens (tertiary/aromatic N) is 1. The van der Waals surface area contributed by atoms with Gasteiger partial charge in [-0.3, -0.25) is 0 Å². The van der Waals surface area contributed by atoms with E-state index in [4.69, 9.17) is 4.74 Å². The number of aryl methyl sites for hydroxylation is 1. The molecule has 4 aromatic rings. The molecule has 0 N–H and O–H groups in total. The van der Waals surface area contributed by atoms with E-state index in [-0.39, 0.29) is 0 Å². The molecular formula is C24H21NO. The molecule has 128 valence electrons. The summed E-state index contributed by atoms with van der Waals surface area (Å²) in [5.74, 6) is 0.961. The van der Waals surface area contributed by atoms with Gasteiger partial charge >= 0.3 is 0 Å². The first kappa shape index (κ1) is 15.3. The minimum atomic E-state index is -0.541. The molecule has 0 spiro atoms. The summed E-state index contributed by atoms with van der Waals surface area (Å²) in [4.78, 5) is 0. The van der Waals surface area contributed by atoms with Crippen molar-refractivity contribution in [3.8, 4) is 5.75 Å². The highest BCUT2D eigenvalue weighted by Crippen LogP contribution is 2.42. The zero-order valence-corrected chi connectivity index (χ0v) is 15.1. The first-order valence-corrected chi connectivity index (χ1v) is 9.08. The standard InChI is InChI=1S/C24H21NO/c1-17-12-13-21-19(14-17)15-23-24(2,20-9-4-3-5-10-20)26-22-11-7-6-8-18(22)16-25(21)23/h3-15H,16H2,1-2H3. The van der Waals surface area contributed by atoms with Crippen molar-refractivity contribution in [2.24, 2.45) is 0 Å². The van der Waals surface area contributed by atoms with Crippen LogP contribution in [0.4, 0.5) is 0 Å². The highest BCUT2D eigenvalue weighted by Gasteiger charge is 2.37. The summed E-state index contributed by atoms with van der Waals surface area (Å²) in [5, 5.41) is 1.27. The van der Waals surface area contributed by atoms with Crippen LogP contribution in [0.15, 0.2) is 78.9 Å². The molecule has 2 heterocycles. The molecule has 0 saturated carbocycles. The molecule has 0 bridgehead atoms. The molecule has 3 aromatic carbocycles. The Morgan fingerprint density at radius 2 is 1.65 bits per heavy atom. The van der Waals surface area contributed by atoms with E-state index in [2.05, 4.69) is 91.2 Å². The number of fused-ring (bicyclic) bond motifs is 4. The van der Waals surface area contributed by atoms with Gasteiger partial charge in [0.2, 0.25) is 0 Å². The Hall–Kier alpha value is -3.00. The monoisotopic (exact) mass is 339 g/mol. The van der Waals surface area contributed by atoms with E-state index in [0.29, 0.717) is 0 Å². The maximum absolute atomic E-state index is 6.70. The average Bonchev–Trinajstić information content (AvgIpc) is 2.96. The topological polar surface area (TPSA) is 14.2 Å². The molecule has 0 saturated heterocycles.